The van der Waals surface area contributed by atoms with Crippen LogP contribution < -0.4 is 19.1 Å². The number of rotatable bonds is 7. The van der Waals surface area contributed by atoms with Crippen LogP contribution in [0, 0.1) is 6.92 Å². The molecule has 1 fully saturated rings. The number of methoxy groups -OCH3 is 2. The molecule has 2 aromatic carbocycles. The predicted octanol–water partition coefficient (Wildman–Crippen LogP) is 3.20. The molecule has 1 aliphatic rings. The third-order valence-corrected chi connectivity index (χ3v) is 5.64. The Kier molecular flexibility index (Phi) is 6.92. The molecule has 3 aromatic rings. The molecular formula is C25H28N4O4. The Bertz CT molecular complexity index is 1100. The first-order chi connectivity index (χ1) is 16.1. The van der Waals surface area contributed by atoms with Gasteiger partial charge in [0, 0.05) is 31.7 Å². The van der Waals surface area contributed by atoms with Gasteiger partial charge in [-0.25, -0.2) is 0 Å². The summed E-state index contributed by atoms with van der Waals surface area (Å²) >= 11 is 0. The fourth-order valence-electron chi connectivity index (χ4n) is 3.74. The first kappa shape index (κ1) is 22.4. The Morgan fingerprint density at radius 2 is 1.73 bits per heavy atom. The molecule has 172 valence electrons. The van der Waals surface area contributed by atoms with Gasteiger partial charge in [0.05, 0.1) is 19.9 Å². The summed E-state index contributed by atoms with van der Waals surface area (Å²) in [6.45, 7) is 4.54. The van der Waals surface area contributed by atoms with Crippen molar-refractivity contribution in [3.8, 4) is 28.5 Å². The molecular weight excluding hydrogens is 420 g/mol. The highest BCUT2D eigenvalue weighted by Crippen LogP contribution is 2.28. The summed E-state index contributed by atoms with van der Waals surface area (Å²) in [5, 5.41) is 8.78. The van der Waals surface area contributed by atoms with Gasteiger partial charge >= 0.3 is 0 Å². The average molecular weight is 449 g/mol. The first-order valence-corrected chi connectivity index (χ1v) is 10.9. The van der Waals surface area contributed by atoms with Gasteiger partial charge in [0.25, 0.3) is 5.91 Å². The van der Waals surface area contributed by atoms with E-state index in [4.69, 9.17) is 14.2 Å². The normalized spacial score (nSPS) is 13.5. The van der Waals surface area contributed by atoms with Crippen molar-refractivity contribution < 1.29 is 19.0 Å². The van der Waals surface area contributed by atoms with Crippen molar-refractivity contribution in [3.63, 3.8) is 0 Å². The van der Waals surface area contributed by atoms with Gasteiger partial charge in [-0.05, 0) is 48.9 Å². The molecule has 1 aliphatic heterocycles. The third kappa shape index (κ3) is 5.34. The third-order valence-electron chi connectivity index (χ3n) is 5.64. The Morgan fingerprint density at radius 3 is 2.42 bits per heavy atom. The summed E-state index contributed by atoms with van der Waals surface area (Å²) in [5.41, 5.74) is 2.81. The molecule has 1 saturated heterocycles. The van der Waals surface area contributed by atoms with Crippen LogP contribution in [0.2, 0.25) is 0 Å². The molecule has 1 aromatic heterocycles. The zero-order chi connectivity index (χ0) is 23.2. The molecule has 0 saturated carbocycles. The molecule has 0 radical (unpaired) electrons. The maximum absolute atomic E-state index is 12.6. The molecule has 0 aliphatic carbocycles. The Balaban J connectivity index is 1.31. The SMILES string of the molecule is COc1cccc(-c2ccc(N3CCN(C(=O)COc4ccc(C)cc4OC)CC3)nn2)c1. The van der Waals surface area contributed by atoms with Crippen molar-refractivity contribution in [3.05, 3.63) is 60.2 Å². The monoisotopic (exact) mass is 448 g/mol. The number of amides is 1. The highest BCUT2D eigenvalue weighted by molar-refractivity contribution is 5.78. The lowest BCUT2D eigenvalue weighted by atomic mass is 10.1. The van der Waals surface area contributed by atoms with E-state index in [-0.39, 0.29) is 12.5 Å². The second kappa shape index (κ2) is 10.2. The van der Waals surface area contributed by atoms with Crippen molar-refractivity contribution >= 4 is 11.7 Å². The molecule has 1 amide bonds. The lowest BCUT2D eigenvalue weighted by Crippen LogP contribution is -2.50. The first-order valence-electron chi connectivity index (χ1n) is 10.9. The maximum atomic E-state index is 12.6. The van der Waals surface area contributed by atoms with Crippen molar-refractivity contribution in [1.29, 1.82) is 0 Å². The fraction of sp³-hybridized carbons (Fsp3) is 0.320. The van der Waals surface area contributed by atoms with E-state index in [9.17, 15) is 4.79 Å². The van der Waals surface area contributed by atoms with Crippen molar-refractivity contribution in [2.45, 2.75) is 6.92 Å². The molecule has 8 heteroatoms. The second-order valence-corrected chi connectivity index (χ2v) is 7.82. The van der Waals surface area contributed by atoms with Crippen molar-refractivity contribution in [2.75, 3.05) is 51.9 Å². The van der Waals surface area contributed by atoms with E-state index in [1.54, 1.807) is 14.2 Å². The molecule has 0 N–H and O–H groups in total. The molecule has 2 heterocycles. The molecule has 0 spiro atoms. The summed E-state index contributed by atoms with van der Waals surface area (Å²) in [5.74, 6) is 2.74. The molecule has 8 nitrogen and oxygen atoms in total. The van der Waals surface area contributed by atoms with Crippen LogP contribution in [0.4, 0.5) is 5.82 Å². The Morgan fingerprint density at radius 1 is 0.909 bits per heavy atom. The van der Waals surface area contributed by atoms with Crippen LogP contribution in [-0.2, 0) is 4.79 Å². The largest absolute Gasteiger partial charge is 0.497 e. The highest BCUT2D eigenvalue weighted by atomic mass is 16.5. The van der Waals surface area contributed by atoms with Gasteiger partial charge in [-0.2, -0.15) is 0 Å². The van der Waals surface area contributed by atoms with Crippen LogP contribution in [0.3, 0.4) is 0 Å². The number of hydrogen-bond acceptors (Lipinski definition) is 7. The number of nitrogens with zero attached hydrogens (tertiary/aromatic N) is 4. The number of ether oxygens (including phenoxy) is 3. The van der Waals surface area contributed by atoms with Gasteiger partial charge < -0.3 is 24.0 Å². The minimum absolute atomic E-state index is 0.0194. The number of anilines is 1. The number of aromatic nitrogens is 2. The summed E-state index contributed by atoms with van der Waals surface area (Å²) in [6.07, 6.45) is 0. The van der Waals surface area contributed by atoms with Gasteiger partial charge in [0.2, 0.25) is 0 Å². The van der Waals surface area contributed by atoms with E-state index >= 15 is 0 Å². The van der Waals surface area contributed by atoms with Gasteiger partial charge in [0.15, 0.2) is 23.9 Å². The van der Waals surface area contributed by atoms with Crippen LogP contribution >= 0.6 is 0 Å². The zero-order valence-electron chi connectivity index (χ0n) is 19.2. The quantitative estimate of drug-likeness (QED) is 0.549. The highest BCUT2D eigenvalue weighted by Gasteiger charge is 2.23. The number of hydrogen-bond donors (Lipinski definition) is 0. The predicted molar refractivity (Wildman–Crippen MR) is 126 cm³/mol. The van der Waals surface area contributed by atoms with Crippen LogP contribution in [0.5, 0.6) is 17.2 Å². The molecule has 4 rings (SSSR count). The molecule has 0 bridgehead atoms. The lowest BCUT2D eigenvalue weighted by Gasteiger charge is -2.35. The summed E-state index contributed by atoms with van der Waals surface area (Å²) < 4.78 is 16.3. The summed E-state index contributed by atoms with van der Waals surface area (Å²) in [7, 11) is 3.23. The van der Waals surface area contributed by atoms with Crippen LogP contribution in [0.15, 0.2) is 54.6 Å². The van der Waals surface area contributed by atoms with Crippen LogP contribution in [0.1, 0.15) is 5.56 Å². The number of carbonyl (C=O) groups excluding carboxylic acids is 1. The van der Waals surface area contributed by atoms with Crippen molar-refractivity contribution in [2.24, 2.45) is 0 Å². The number of aryl methyl sites for hydroxylation is 1. The van der Waals surface area contributed by atoms with E-state index in [0.29, 0.717) is 37.7 Å². The zero-order valence-corrected chi connectivity index (χ0v) is 19.2. The summed E-state index contributed by atoms with van der Waals surface area (Å²) in [4.78, 5) is 16.6. The molecule has 0 atom stereocenters. The average Bonchev–Trinajstić information content (AvgIpc) is 2.88. The standard InChI is InChI=1S/C25H28N4O4/c1-18-7-9-22(23(15-18)32-3)33-17-25(30)29-13-11-28(12-14-29)24-10-8-21(26-27-24)19-5-4-6-20(16-19)31-2/h4-10,15-16H,11-14,17H2,1-3H3. The number of carbonyl (C=O) groups is 1. The van der Waals surface area contributed by atoms with Crippen LogP contribution in [-0.4, -0.2) is 68.0 Å². The number of benzene rings is 2. The lowest BCUT2D eigenvalue weighted by molar-refractivity contribution is -0.133. The van der Waals surface area contributed by atoms with Gasteiger partial charge in [-0.15, -0.1) is 10.2 Å². The number of piperazine rings is 1. The van der Waals surface area contributed by atoms with Crippen molar-refractivity contribution in [1.82, 2.24) is 15.1 Å². The van der Waals surface area contributed by atoms with Crippen LogP contribution in [0.25, 0.3) is 11.3 Å². The Hall–Kier alpha value is -3.81. The van der Waals surface area contributed by atoms with E-state index in [0.717, 1.165) is 28.4 Å². The summed E-state index contributed by atoms with van der Waals surface area (Å²) in [6, 6.07) is 17.3. The minimum Gasteiger partial charge on any atom is -0.497 e. The van der Waals surface area contributed by atoms with Gasteiger partial charge in [0.1, 0.15) is 5.75 Å². The van der Waals surface area contributed by atoms with E-state index in [1.807, 2.05) is 66.4 Å². The molecule has 0 unspecified atom stereocenters. The van der Waals surface area contributed by atoms with E-state index < -0.39 is 0 Å². The van der Waals surface area contributed by atoms with E-state index in [1.165, 1.54) is 0 Å². The topological polar surface area (TPSA) is 77.0 Å². The van der Waals surface area contributed by atoms with Gasteiger partial charge in [-0.3, -0.25) is 4.79 Å². The Labute approximate surface area is 193 Å². The smallest absolute Gasteiger partial charge is 0.260 e. The minimum atomic E-state index is -0.0447. The fourth-order valence-corrected chi connectivity index (χ4v) is 3.74. The maximum Gasteiger partial charge on any atom is 0.260 e. The second-order valence-electron chi connectivity index (χ2n) is 7.82. The van der Waals surface area contributed by atoms with Gasteiger partial charge in [-0.1, -0.05) is 18.2 Å². The molecule has 33 heavy (non-hydrogen) atoms. The van der Waals surface area contributed by atoms with E-state index in [2.05, 4.69) is 15.1 Å².